The molecule has 4 heteroatoms. The predicted octanol–water partition coefficient (Wildman–Crippen LogP) is 4.57. The highest BCUT2D eigenvalue weighted by Gasteiger charge is 2.29. The van der Waals surface area contributed by atoms with Crippen molar-refractivity contribution in [1.29, 1.82) is 0 Å². The van der Waals surface area contributed by atoms with Crippen molar-refractivity contribution in [2.75, 3.05) is 7.05 Å². The van der Waals surface area contributed by atoms with E-state index in [0.29, 0.717) is 25.8 Å². The van der Waals surface area contributed by atoms with Crippen molar-refractivity contribution in [2.45, 2.75) is 45.2 Å². The summed E-state index contributed by atoms with van der Waals surface area (Å²) in [6.45, 7) is 2.53. The number of aryl methyl sites for hydroxylation is 2. The normalized spacial score (nSPS) is 11.6. The molecule has 0 aliphatic rings. The standard InChI is InChI=1S/C28H32N2O2/c1-3-22-14-16-23(17-15-22)18-19-27(31)30(21-25-12-8-5-9-13-25)26(28(32)29-2)20-24-10-6-4-7-11-24/h4-17,26H,3,18-21H2,1-2H3,(H,29,32). The first-order valence-electron chi connectivity index (χ1n) is 11.3. The summed E-state index contributed by atoms with van der Waals surface area (Å²) < 4.78 is 0. The smallest absolute Gasteiger partial charge is 0.242 e. The first kappa shape index (κ1) is 23.3. The molecule has 1 N–H and O–H groups in total. The molecular weight excluding hydrogens is 396 g/mol. The molecule has 2 amide bonds. The number of hydrogen-bond donors (Lipinski definition) is 1. The maximum Gasteiger partial charge on any atom is 0.242 e. The first-order chi connectivity index (χ1) is 15.6. The maximum absolute atomic E-state index is 13.4. The van der Waals surface area contributed by atoms with Crippen LogP contribution in [0.25, 0.3) is 0 Å². The minimum absolute atomic E-state index is 0.0158. The number of amides is 2. The van der Waals surface area contributed by atoms with Crippen molar-refractivity contribution < 1.29 is 9.59 Å². The fourth-order valence-corrected chi connectivity index (χ4v) is 3.84. The molecule has 0 aromatic heterocycles. The molecule has 0 radical (unpaired) electrons. The summed E-state index contributed by atoms with van der Waals surface area (Å²) in [6.07, 6.45) is 2.49. The van der Waals surface area contributed by atoms with Crippen LogP contribution < -0.4 is 5.32 Å². The van der Waals surface area contributed by atoms with E-state index < -0.39 is 6.04 Å². The van der Waals surface area contributed by atoms with Gasteiger partial charge in [0, 0.05) is 26.4 Å². The van der Waals surface area contributed by atoms with E-state index in [4.69, 9.17) is 0 Å². The SMILES string of the molecule is CCc1ccc(CCC(=O)N(Cc2ccccc2)C(Cc2ccccc2)C(=O)NC)cc1. The molecule has 0 spiro atoms. The maximum atomic E-state index is 13.4. The topological polar surface area (TPSA) is 49.4 Å². The van der Waals surface area contributed by atoms with Crippen LogP contribution in [-0.2, 0) is 35.4 Å². The Balaban J connectivity index is 1.82. The Morgan fingerprint density at radius 1 is 0.781 bits per heavy atom. The number of carbonyl (C=O) groups is 2. The van der Waals surface area contributed by atoms with E-state index in [1.807, 2.05) is 60.7 Å². The number of rotatable bonds is 10. The lowest BCUT2D eigenvalue weighted by molar-refractivity contribution is -0.141. The second kappa shape index (κ2) is 11.8. The molecule has 1 atom stereocenters. The van der Waals surface area contributed by atoms with Gasteiger partial charge in [-0.25, -0.2) is 0 Å². The minimum Gasteiger partial charge on any atom is -0.357 e. The summed E-state index contributed by atoms with van der Waals surface area (Å²) in [7, 11) is 1.63. The molecule has 0 aliphatic carbocycles. The third-order valence-electron chi connectivity index (χ3n) is 5.77. The third kappa shape index (κ3) is 6.55. The van der Waals surface area contributed by atoms with Gasteiger partial charge in [-0.3, -0.25) is 9.59 Å². The number of nitrogens with one attached hydrogen (secondary N) is 1. The zero-order valence-corrected chi connectivity index (χ0v) is 19.0. The zero-order chi connectivity index (χ0) is 22.8. The van der Waals surface area contributed by atoms with Crippen LogP contribution in [0.5, 0.6) is 0 Å². The Bertz CT molecular complexity index is 985. The lowest BCUT2D eigenvalue weighted by Gasteiger charge is -2.31. The Morgan fingerprint density at radius 3 is 1.91 bits per heavy atom. The van der Waals surface area contributed by atoms with E-state index in [9.17, 15) is 9.59 Å². The highest BCUT2D eigenvalue weighted by molar-refractivity contribution is 5.88. The van der Waals surface area contributed by atoms with Gasteiger partial charge in [0.05, 0.1) is 0 Å². The van der Waals surface area contributed by atoms with Crippen LogP contribution in [0.4, 0.5) is 0 Å². The molecule has 166 valence electrons. The number of hydrogen-bond acceptors (Lipinski definition) is 2. The second-order valence-electron chi connectivity index (χ2n) is 8.00. The number of likely N-dealkylation sites (N-methyl/N-ethyl adjacent to an activating group) is 1. The number of carbonyl (C=O) groups excluding carboxylic acids is 2. The van der Waals surface area contributed by atoms with Crippen molar-refractivity contribution in [1.82, 2.24) is 10.2 Å². The summed E-state index contributed by atoms with van der Waals surface area (Å²) in [4.78, 5) is 28.1. The molecule has 1 unspecified atom stereocenters. The Morgan fingerprint density at radius 2 is 1.34 bits per heavy atom. The largest absolute Gasteiger partial charge is 0.357 e. The number of benzene rings is 3. The molecule has 0 heterocycles. The van der Waals surface area contributed by atoms with Crippen LogP contribution in [0, 0.1) is 0 Å². The van der Waals surface area contributed by atoms with Gasteiger partial charge in [0.25, 0.3) is 0 Å². The molecule has 32 heavy (non-hydrogen) atoms. The molecule has 3 aromatic carbocycles. The fourth-order valence-electron chi connectivity index (χ4n) is 3.84. The van der Waals surface area contributed by atoms with Crippen molar-refractivity contribution in [3.05, 3.63) is 107 Å². The quantitative estimate of drug-likeness (QED) is 0.514. The van der Waals surface area contributed by atoms with Gasteiger partial charge in [-0.1, -0.05) is 91.9 Å². The van der Waals surface area contributed by atoms with Crippen molar-refractivity contribution >= 4 is 11.8 Å². The Kier molecular flexibility index (Phi) is 8.61. The average Bonchev–Trinajstić information content (AvgIpc) is 2.85. The molecule has 3 rings (SSSR count). The lowest BCUT2D eigenvalue weighted by Crippen LogP contribution is -2.49. The predicted molar refractivity (Wildman–Crippen MR) is 129 cm³/mol. The highest BCUT2D eigenvalue weighted by atomic mass is 16.2. The molecule has 3 aromatic rings. The van der Waals surface area contributed by atoms with Gasteiger partial charge in [0.2, 0.25) is 11.8 Å². The molecule has 0 fully saturated rings. The average molecular weight is 429 g/mol. The Labute approximate surface area is 191 Å². The van der Waals surface area contributed by atoms with Crippen LogP contribution in [0.1, 0.15) is 35.6 Å². The van der Waals surface area contributed by atoms with Gasteiger partial charge in [0.15, 0.2) is 0 Å². The van der Waals surface area contributed by atoms with E-state index in [0.717, 1.165) is 23.1 Å². The molecule has 0 saturated heterocycles. The highest BCUT2D eigenvalue weighted by Crippen LogP contribution is 2.17. The van der Waals surface area contributed by atoms with E-state index >= 15 is 0 Å². The minimum atomic E-state index is -0.572. The van der Waals surface area contributed by atoms with E-state index in [1.54, 1.807) is 11.9 Å². The summed E-state index contributed by atoms with van der Waals surface area (Å²) in [5, 5.41) is 2.76. The molecule has 0 aliphatic heterocycles. The second-order valence-corrected chi connectivity index (χ2v) is 8.00. The third-order valence-corrected chi connectivity index (χ3v) is 5.77. The van der Waals surface area contributed by atoms with Crippen molar-refractivity contribution in [3.63, 3.8) is 0 Å². The molecule has 4 nitrogen and oxygen atoms in total. The van der Waals surface area contributed by atoms with E-state index in [-0.39, 0.29) is 11.8 Å². The van der Waals surface area contributed by atoms with Crippen LogP contribution in [0.2, 0.25) is 0 Å². The van der Waals surface area contributed by atoms with Crippen LogP contribution in [0.15, 0.2) is 84.9 Å². The van der Waals surface area contributed by atoms with E-state index in [2.05, 4.69) is 36.5 Å². The number of nitrogens with zero attached hydrogens (tertiary/aromatic N) is 1. The van der Waals surface area contributed by atoms with Crippen LogP contribution in [0.3, 0.4) is 0 Å². The van der Waals surface area contributed by atoms with Gasteiger partial charge in [0.1, 0.15) is 6.04 Å². The Hall–Kier alpha value is -3.40. The fraction of sp³-hybridized carbons (Fsp3) is 0.286. The van der Waals surface area contributed by atoms with Gasteiger partial charge >= 0.3 is 0 Å². The van der Waals surface area contributed by atoms with Crippen LogP contribution >= 0.6 is 0 Å². The molecule has 0 bridgehead atoms. The lowest BCUT2D eigenvalue weighted by atomic mass is 10.0. The van der Waals surface area contributed by atoms with Gasteiger partial charge < -0.3 is 10.2 Å². The van der Waals surface area contributed by atoms with Crippen LogP contribution in [-0.4, -0.2) is 29.8 Å². The van der Waals surface area contributed by atoms with Gasteiger partial charge in [-0.15, -0.1) is 0 Å². The van der Waals surface area contributed by atoms with Gasteiger partial charge in [-0.2, -0.15) is 0 Å². The summed E-state index contributed by atoms with van der Waals surface area (Å²) in [6, 6.07) is 27.6. The zero-order valence-electron chi connectivity index (χ0n) is 19.0. The summed E-state index contributed by atoms with van der Waals surface area (Å²) in [5.74, 6) is -0.164. The van der Waals surface area contributed by atoms with Crippen molar-refractivity contribution in [2.24, 2.45) is 0 Å². The van der Waals surface area contributed by atoms with E-state index in [1.165, 1.54) is 5.56 Å². The van der Waals surface area contributed by atoms with Gasteiger partial charge in [-0.05, 0) is 35.1 Å². The summed E-state index contributed by atoms with van der Waals surface area (Å²) in [5.41, 5.74) is 4.46. The summed E-state index contributed by atoms with van der Waals surface area (Å²) >= 11 is 0. The molecule has 0 saturated carbocycles. The monoisotopic (exact) mass is 428 g/mol. The molecular formula is C28H32N2O2. The van der Waals surface area contributed by atoms with Crippen molar-refractivity contribution in [3.8, 4) is 0 Å². The first-order valence-corrected chi connectivity index (χ1v) is 11.3.